The second-order valence-electron chi connectivity index (χ2n) is 5.06. The molecule has 2 aliphatic heterocycles. The van der Waals surface area contributed by atoms with Crippen LogP contribution in [-0.2, 0) is 4.79 Å². The minimum atomic E-state index is 0.0634. The van der Waals surface area contributed by atoms with E-state index in [9.17, 15) is 9.59 Å². The maximum Gasteiger partial charge on any atom is 0.224 e. The van der Waals surface area contributed by atoms with Crippen molar-refractivity contribution in [3.05, 3.63) is 21.3 Å². The number of thiophene rings is 1. The van der Waals surface area contributed by atoms with Gasteiger partial charge in [0, 0.05) is 12.6 Å². The Morgan fingerprint density at radius 2 is 2.37 bits per heavy atom. The van der Waals surface area contributed by atoms with Crippen LogP contribution in [0.4, 0.5) is 0 Å². The van der Waals surface area contributed by atoms with Crippen LogP contribution in [0.15, 0.2) is 12.1 Å². The van der Waals surface area contributed by atoms with Crippen LogP contribution in [0, 0.1) is 5.92 Å². The van der Waals surface area contributed by atoms with Gasteiger partial charge in [-0.3, -0.25) is 14.5 Å². The van der Waals surface area contributed by atoms with Crippen LogP contribution in [0.25, 0.3) is 0 Å². The zero-order chi connectivity index (χ0) is 13.4. The zero-order valence-electron chi connectivity index (χ0n) is 10.4. The molecular formula is C13H15ClN2O2S. The van der Waals surface area contributed by atoms with Crippen LogP contribution in [0.3, 0.4) is 0 Å². The molecule has 1 aromatic rings. The third-order valence-electron chi connectivity index (χ3n) is 3.91. The molecule has 19 heavy (non-hydrogen) atoms. The Hall–Kier alpha value is -0.910. The molecule has 6 heteroatoms. The number of hydrogen-bond acceptors (Lipinski definition) is 4. The summed E-state index contributed by atoms with van der Waals surface area (Å²) in [5.74, 6) is 0.298. The Bertz CT molecular complexity index is 516. The highest BCUT2D eigenvalue weighted by Gasteiger charge is 2.41. The van der Waals surface area contributed by atoms with Crippen molar-refractivity contribution in [2.75, 3.05) is 19.6 Å². The normalized spacial score (nSPS) is 27.1. The van der Waals surface area contributed by atoms with Gasteiger partial charge >= 0.3 is 0 Å². The Kier molecular flexibility index (Phi) is 3.60. The lowest BCUT2D eigenvalue weighted by Gasteiger charge is -2.35. The lowest BCUT2D eigenvalue weighted by atomic mass is 9.91. The molecule has 3 heterocycles. The van der Waals surface area contributed by atoms with Gasteiger partial charge in [-0.15, -0.1) is 11.3 Å². The van der Waals surface area contributed by atoms with Crippen molar-refractivity contribution in [2.45, 2.75) is 18.9 Å². The van der Waals surface area contributed by atoms with E-state index < -0.39 is 0 Å². The summed E-state index contributed by atoms with van der Waals surface area (Å²) in [4.78, 5) is 26.7. The summed E-state index contributed by atoms with van der Waals surface area (Å²) in [6, 6.07) is 3.70. The molecule has 3 rings (SSSR count). The zero-order valence-corrected chi connectivity index (χ0v) is 12.0. The highest BCUT2D eigenvalue weighted by atomic mass is 35.5. The number of carbonyl (C=O) groups excluding carboxylic acids is 2. The first kappa shape index (κ1) is 13.1. The first-order valence-corrected chi connectivity index (χ1v) is 7.65. The van der Waals surface area contributed by atoms with Gasteiger partial charge < -0.3 is 5.32 Å². The number of amides is 1. The molecule has 2 unspecified atom stereocenters. The fourth-order valence-corrected chi connectivity index (χ4v) is 3.94. The largest absolute Gasteiger partial charge is 0.354 e. The summed E-state index contributed by atoms with van der Waals surface area (Å²) in [6.45, 7) is 1.94. The number of halogens is 1. The first-order chi connectivity index (χ1) is 9.15. The number of Topliss-reactive ketones (excluding diaryl/α,β-unsaturated/α-hetero) is 1. The summed E-state index contributed by atoms with van der Waals surface area (Å²) in [7, 11) is 0. The molecule has 2 atom stereocenters. The number of nitrogens with zero attached hydrogens (tertiary/aromatic N) is 1. The summed E-state index contributed by atoms with van der Waals surface area (Å²) in [5, 5.41) is 2.90. The molecule has 2 fully saturated rings. The van der Waals surface area contributed by atoms with Crippen molar-refractivity contribution in [1.82, 2.24) is 10.2 Å². The van der Waals surface area contributed by atoms with Gasteiger partial charge in [0.2, 0.25) is 5.91 Å². The Labute approximate surface area is 120 Å². The summed E-state index contributed by atoms with van der Waals surface area (Å²) < 4.78 is 0.637. The van der Waals surface area contributed by atoms with Crippen molar-refractivity contribution < 1.29 is 9.59 Å². The SMILES string of the molecule is O=C(CN1CCCC2C(=O)NCC21)c1ccc(Cl)s1. The molecule has 4 nitrogen and oxygen atoms in total. The van der Waals surface area contributed by atoms with Gasteiger partial charge in [0.15, 0.2) is 5.78 Å². The lowest BCUT2D eigenvalue weighted by molar-refractivity contribution is -0.124. The lowest BCUT2D eigenvalue weighted by Crippen LogP contribution is -2.47. The third-order valence-corrected chi connectivity index (χ3v) is 5.18. The van der Waals surface area contributed by atoms with Crippen LogP contribution in [0.1, 0.15) is 22.5 Å². The van der Waals surface area contributed by atoms with Crippen LogP contribution >= 0.6 is 22.9 Å². The molecule has 2 aliphatic rings. The van der Waals surface area contributed by atoms with Crippen LogP contribution in [-0.4, -0.2) is 42.3 Å². The smallest absolute Gasteiger partial charge is 0.224 e. The topological polar surface area (TPSA) is 49.4 Å². The van der Waals surface area contributed by atoms with Gasteiger partial charge in [-0.05, 0) is 31.5 Å². The number of nitrogens with one attached hydrogen (secondary N) is 1. The average Bonchev–Trinajstić information content (AvgIpc) is 2.98. The molecular weight excluding hydrogens is 284 g/mol. The maximum absolute atomic E-state index is 12.2. The highest BCUT2D eigenvalue weighted by Crippen LogP contribution is 2.28. The van der Waals surface area contributed by atoms with E-state index in [-0.39, 0.29) is 23.7 Å². The van der Waals surface area contributed by atoms with Crippen LogP contribution < -0.4 is 5.32 Å². The second-order valence-corrected chi connectivity index (χ2v) is 6.77. The summed E-state index contributed by atoms with van der Waals surface area (Å²) in [6.07, 6.45) is 1.92. The summed E-state index contributed by atoms with van der Waals surface area (Å²) in [5.41, 5.74) is 0. The fourth-order valence-electron chi connectivity index (χ4n) is 2.96. The molecule has 0 bridgehead atoms. The second kappa shape index (κ2) is 5.23. The molecule has 1 aromatic heterocycles. The molecule has 2 saturated heterocycles. The molecule has 102 valence electrons. The number of hydrogen-bond donors (Lipinski definition) is 1. The molecule has 0 radical (unpaired) electrons. The average molecular weight is 299 g/mol. The molecule has 1 N–H and O–H groups in total. The van der Waals surface area contributed by atoms with Crippen molar-refractivity contribution in [2.24, 2.45) is 5.92 Å². The number of carbonyl (C=O) groups is 2. The van der Waals surface area contributed by atoms with E-state index in [1.54, 1.807) is 12.1 Å². The molecule has 0 spiro atoms. The van der Waals surface area contributed by atoms with E-state index in [4.69, 9.17) is 11.6 Å². The molecule has 0 aromatic carbocycles. The number of likely N-dealkylation sites (tertiary alicyclic amines) is 1. The van der Waals surface area contributed by atoms with E-state index in [1.807, 2.05) is 0 Å². The minimum Gasteiger partial charge on any atom is -0.354 e. The van der Waals surface area contributed by atoms with Crippen LogP contribution in [0.2, 0.25) is 4.34 Å². The van der Waals surface area contributed by atoms with Crippen LogP contribution in [0.5, 0.6) is 0 Å². The standard InChI is InChI=1S/C13H15ClN2O2S/c14-12-4-3-11(19-12)10(17)7-16-5-1-2-8-9(16)6-15-13(8)18/h3-4,8-9H,1-2,5-7H2,(H,15,18). The van der Waals surface area contributed by atoms with Gasteiger partial charge in [0.1, 0.15) is 0 Å². The Morgan fingerprint density at radius 3 is 3.11 bits per heavy atom. The minimum absolute atomic E-state index is 0.0634. The Balaban J connectivity index is 1.69. The van der Waals surface area contributed by atoms with Gasteiger partial charge in [-0.2, -0.15) is 0 Å². The van der Waals surface area contributed by atoms with E-state index in [0.29, 0.717) is 22.3 Å². The predicted molar refractivity (Wildman–Crippen MR) is 74.8 cm³/mol. The fraction of sp³-hybridized carbons (Fsp3) is 0.538. The van der Waals surface area contributed by atoms with E-state index in [1.165, 1.54) is 11.3 Å². The predicted octanol–water partition coefficient (Wildman–Crippen LogP) is 1.79. The van der Waals surface area contributed by atoms with Gasteiger partial charge in [-0.25, -0.2) is 0 Å². The molecule has 0 saturated carbocycles. The first-order valence-electron chi connectivity index (χ1n) is 6.45. The Morgan fingerprint density at radius 1 is 1.53 bits per heavy atom. The van der Waals surface area contributed by atoms with E-state index >= 15 is 0 Å². The molecule has 1 amide bonds. The quantitative estimate of drug-likeness (QED) is 0.866. The van der Waals surface area contributed by atoms with Crippen molar-refractivity contribution in [3.8, 4) is 0 Å². The van der Waals surface area contributed by atoms with Gasteiger partial charge in [0.25, 0.3) is 0 Å². The van der Waals surface area contributed by atoms with E-state index in [2.05, 4.69) is 10.2 Å². The summed E-state index contributed by atoms with van der Waals surface area (Å²) >= 11 is 7.17. The number of piperidine rings is 1. The molecule has 0 aliphatic carbocycles. The monoisotopic (exact) mass is 298 g/mol. The van der Waals surface area contributed by atoms with Crippen molar-refractivity contribution in [3.63, 3.8) is 0 Å². The highest BCUT2D eigenvalue weighted by molar-refractivity contribution is 7.18. The number of fused-ring (bicyclic) bond motifs is 1. The van der Waals surface area contributed by atoms with E-state index in [0.717, 1.165) is 19.4 Å². The number of rotatable bonds is 3. The number of ketones is 1. The third kappa shape index (κ3) is 2.55. The van der Waals surface area contributed by atoms with Crippen molar-refractivity contribution in [1.29, 1.82) is 0 Å². The van der Waals surface area contributed by atoms with Crippen molar-refractivity contribution >= 4 is 34.6 Å². The van der Waals surface area contributed by atoms with Gasteiger partial charge in [-0.1, -0.05) is 11.6 Å². The van der Waals surface area contributed by atoms with Gasteiger partial charge in [0.05, 0.1) is 21.7 Å². The maximum atomic E-state index is 12.2.